The highest BCUT2D eigenvalue weighted by Gasteiger charge is 2.37. The summed E-state index contributed by atoms with van der Waals surface area (Å²) in [6.07, 6.45) is -2.71. The van der Waals surface area contributed by atoms with Crippen LogP contribution in [0.3, 0.4) is 0 Å². The molecule has 0 saturated carbocycles. The number of aromatic nitrogens is 2. The molecule has 5 N–H and O–H groups in total. The Bertz CT molecular complexity index is 1470. The molecule has 40 heavy (non-hydrogen) atoms. The molecule has 0 radical (unpaired) electrons. The molecule has 3 aromatic rings. The van der Waals surface area contributed by atoms with Crippen LogP contribution in [0.15, 0.2) is 42.6 Å². The summed E-state index contributed by atoms with van der Waals surface area (Å²) in [5, 5.41) is 8.90. The van der Waals surface area contributed by atoms with E-state index in [-0.39, 0.29) is 23.5 Å². The van der Waals surface area contributed by atoms with Crippen molar-refractivity contribution in [1.29, 1.82) is 0 Å². The van der Waals surface area contributed by atoms with Crippen LogP contribution in [0.1, 0.15) is 51.4 Å². The van der Waals surface area contributed by atoms with Gasteiger partial charge in [-0.2, -0.15) is 18.2 Å². The van der Waals surface area contributed by atoms with Crippen LogP contribution in [-0.4, -0.2) is 50.7 Å². The number of amides is 1. The third kappa shape index (κ3) is 6.12. The number of nitrogens with one attached hydrogen (secondary N) is 3. The Labute approximate surface area is 228 Å². The summed E-state index contributed by atoms with van der Waals surface area (Å²) in [5.74, 6) is -0.659. The van der Waals surface area contributed by atoms with Gasteiger partial charge < -0.3 is 30.6 Å². The van der Waals surface area contributed by atoms with E-state index >= 15 is 0 Å². The Morgan fingerprint density at radius 2 is 1.80 bits per heavy atom. The van der Waals surface area contributed by atoms with Crippen LogP contribution in [0.25, 0.3) is 0 Å². The van der Waals surface area contributed by atoms with Crippen molar-refractivity contribution in [2.24, 2.45) is 0 Å². The Hall–Kier alpha value is -3.51. The van der Waals surface area contributed by atoms with Crippen molar-refractivity contribution in [3.8, 4) is 0 Å². The summed E-state index contributed by atoms with van der Waals surface area (Å²) in [5.41, 5.74) is 2.16. The van der Waals surface area contributed by atoms with E-state index in [2.05, 4.69) is 25.9 Å². The molecule has 212 valence electrons. The zero-order chi connectivity index (χ0) is 28.7. The van der Waals surface area contributed by atoms with Gasteiger partial charge in [0.25, 0.3) is 5.91 Å². The van der Waals surface area contributed by atoms with Crippen LogP contribution >= 0.6 is 7.60 Å². The zero-order valence-electron chi connectivity index (χ0n) is 21.5. The third-order valence-electron chi connectivity index (χ3n) is 7.03. The first-order valence-electron chi connectivity index (χ1n) is 12.6. The van der Waals surface area contributed by atoms with E-state index in [1.54, 1.807) is 18.0 Å². The van der Waals surface area contributed by atoms with Crippen LogP contribution in [0.4, 0.5) is 36.3 Å². The smallest absolute Gasteiger partial charge is 0.339 e. The monoisotopic (exact) mass is 576 g/mol. The SMILES string of the molecule is CN1Cc2c(C3CCNCC3)ccc(Nc3nc(Nc4ccc(CP(=O)(O)O)cc4)ncc3C(F)(F)F)c2C1=O. The first-order chi connectivity index (χ1) is 18.9. The second-order valence-corrected chi connectivity index (χ2v) is 11.6. The van der Waals surface area contributed by atoms with Gasteiger partial charge in [0.2, 0.25) is 5.95 Å². The fourth-order valence-corrected chi connectivity index (χ4v) is 5.82. The molecule has 0 bridgehead atoms. The van der Waals surface area contributed by atoms with Crippen molar-refractivity contribution >= 4 is 36.6 Å². The van der Waals surface area contributed by atoms with E-state index < -0.39 is 31.3 Å². The molecule has 3 heterocycles. The maximum absolute atomic E-state index is 13.9. The van der Waals surface area contributed by atoms with Gasteiger partial charge in [0, 0.05) is 25.5 Å². The molecule has 5 rings (SSSR count). The predicted octanol–water partition coefficient (Wildman–Crippen LogP) is 4.71. The van der Waals surface area contributed by atoms with E-state index in [0.29, 0.717) is 29.6 Å². The lowest BCUT2D eigenvalue weighted by Gasteiger charge is -2.25. The van der Waals surface area contributed by atoms with Gasteiger partial charge in [0.1, 0.15) is 11.4 Å². The molecule has 0 spiro atoms. The quantitative estimate of drug-likeness (QED) is 0.253. The minimum absolute atomic E-state index is 0.135. The standard InChI is InChI=1S/C26H28F3N6O4P/c1-35-13-19-18(16-8-10-30-11-9-16)6-7-21(22(19)24(35)36)33-23-20(26(27,28)29)12-31-25(34-23)32-17-4-2-15(3-5-17)14-40(37,38)39/h2-7,12,16,30H,8-11,13-14H2,1H3,(H2,37,38,39)(H2,31,32,33,34). The molecular weight excluding hydrogens is 548 g/mol. The predicted molar refractivity (Wildman–Crippen MR) is 143 cm³/mol. The van der Waals surface area contributed by atoms with Crippen LogP contribution < -0.4 is 16.0 Å². The normalized spacial score (nSPS) is 16.2. The molecule has 0 aliphatic carbocycles. The largest absolute Gasteiger partial charge is 0.421 e. The van der Waals surface area contributed by atoms with Crippen LogP contribution in [0.2, 0.25) is 0 Å². The van der Waals surface area contributed by atoms with E-state index in [0.717, 1.165) is 37.1 Å². The molecule has 1 amide bonds. The van der Waals surface area contributed by atoms with Crippen LogP contribution in [0, 0.1) is 0 Å². The number of alkyl halides is 3. The number of fused-ring (bicyclic) bond motifs is 1. The lowest BCUT2D eigenvalue weighted by molar-refractivity contribution is -0.137. The molecule has 1 saturated heterocycles. The Kier molecular flexibility index (Phi) is 7.58. The average molecular weight is 577 g/mol. The number of piperidine rings is 1. The van der Waals surface area contributed by atoms with Gasteiger partial charge >= 0.3 is 13.8 Å². The van der Waals surface area contributed by atoms with E-state index in [1.807, 2.05) is 6.07 Å². The van der Waals surface area contributed by atoms with E-state index in [9.17, 15) is 22.5 Å². The zero-order valence-corrected chi connectivity index (χ0v) is 22.4. The third-order valence-corrected chi connectivity index (χ3v) is 7.81. The lowest BCUT2D eigenvalue weighted by atomic mass is 9.85. The second kappa shape index (κ2) is 10.8. The molecule has 0 atom stereocenters. The Morgan fingerprint density at radius 3 is 2.45 bits per heavy atom. The van der Waals surface area contributed by atoms with Gasteiger partial charge in [-0.1, -0.05) is 18.2 Å². The van der Waals surface area contributed by atoms with Crippen molar-refractivity contribution < 1.29 is 32.3 Å². The molecule has 2 aliphatic rings. The summed E-state index contributed by atoms with van der Waals surface area (Å²) in [7, 11) is -2.58. The van der Waals surface area contributed by atoms with Crippen LogP contribution in [0.5, 0.6) is 0 Å². The molecular formula is C26H28F3N6O4P. The number of rotatable bonds is 7. The van der Waals surface area contributed by atoms with Gasteiger partial charge in [-0.25, -0.2) is 4.98 Å². The summed E-state index contributed by atoms with van der Waals surface area (Å²) < 4.78 is 53.0. The second-order valence-electron chi connectivity index (χ2n) is 9.96. The lowest BCUT2D eigenvalue weighted by Crippen LogP contribution is -2.27. The van der Waals surface area contributed by atoms with Crippen molar-refractivity contribution in [3.05, 3.63) is 70.4 Å². The van der Waals surface area contributed by atoms with Crippen molar-refractivity contribution in [2.45, 2.75) is 37.6 Å². The topological polar surface area (TPSA) is 140 Å². The molecule has 2 aliphatic heterocycles. The fraction of sp³-hybridized carbons (Fsp3) is 0.346. The number of hydrogen-bond donors (Lipinski definition) is 5. The molecule has 2 aromatic carbocycles. The Morgan fingerprint density at radius 1 is 1.10 bits per heavy atom. The van der Waals surface area contributed by atoms with Crippen molar-refractivity contribution in [2.75, 3.05) is 30.8 Å². The summed E-state index contributed by atoms with van der Waals surface area (Å²) in [6.45, 7) is 2.10. The van der Waals surface area contributed by atoms with Crippen LogP contribution in [-0.2, 0) is 23.4 Å². The fourth-order valence-electron chi connectivity index (χ4n) is 5.13. The average Bonchev–Trinajstić information content (AvgIpc) is 3.19. The summed E-state index contributed by atoms with van der Waals surface area (Å²) in [6, 6.07) is 9.53. The minimum atomic E-state index is -4.76. The van der Waals surface area contributed by atoms with E-state index in [4.69, 9.17) is 9.79 Å². The Balaban J connectivity index is 1.47. The number of benzene rings is 2. The van der Waals surface area contributed by atoms with Gasteiger partial charge in [0.05, 0.1) is 17.4 Å². The summed E-state index contributed by atoms with van der Waals surface area (Å²) >= 11 is 0. The number of nitrogens with zero attached hydrogens (tertiary/aromatic N) is 3. The number of anilines is 4. The highest BCUT2D eigenvalue weighted by molar-refractivity contribution is 7.50. The maximum atomic E-state index is 13.9. The van der Waals surface area contributed by atoms with Gasteiger partial charge in [-0.15, -0.1) is 0 Å². The molecule has 10 nitrogen and oxygen atoms in total. The van der Waals surface area contributed by atoms with Gasteiger partial charge in [-0.05, 0) is 66.7 Å². The van der Waals surface area contributed by atoms with Crippen molar-refractivity contribution in [1.82, 2.24) is 20.2 Å². The van der Waals surface area contributed by atoms with E-state index in [1.165, 1.54) is 24.3 Å². The van der Waals surface area contributed by atoms with Gasteiger partial charge in [-0.3, -0.25) is 9.36 Å². The van der Waals surface area contributed by atoms with Crippen molar-refractivity contribution in [3.63, 3.8) is 0 Å². The molecule has 0 unspecified atom stereocenters. The highest BCUT2D eigenvalue weighted by Crippen LogP contribution is 2.41. The highest BCUT2D eigenvalue weighted by atomic mass is 31.2. The number of halogens is 3. The maximum Gasteiger partial charge on any atom is 0.421 e. The minimum Gasteiger partial charge on any atom is -0.339 e. The molecule has 14 heteroatoms. The number of hydrogen-bond acceptors (Lipinski definition) is 7. The number of carbonyl (C=O) groups is 1. The summed E-state index contributed by atoms with van der Waals surface area (Å²) in [4.78, 5) is 40.8. The molecule has 1 fully saturated rings. The first kappa shape index (κ1) is 28.0. The number of carbonyl (C=O) groups excluding carboxylic acids is 1. The first-order valence-corrected chi connectivity index (χ1v) is 14.4. The van der Waals surface area contributed by atoms with Gasteiger partial charge in [0.15, 0.2) is 0 Å². The molecule has 1 aromatic heterocycles.